The van der Waals surface area contributed by atoms with Crippen molar-refractivity contribution in [2.45, 2.75) is 70.8 Å². The Morgan fingerprint density at radius 1 is 0.950 bits per heavy atom. The van der Waals surface area contributed by atoms with Crippen LogP contribution >= 0.6 is 11.9 Å². The van der Waals surface area contributed by atoms with E-state index in [1.165, 1.54) is 37.6 Å². The van der Waals surface area contributed by atoms with Crippen LogP contribution in [0.3, 0.4) is 0 Å². The number of amides is 2. The molecule has 3 aromatic rings. The fourth-order valence-electron chi connectivity index (χ4n) is 4.99. The minimum atomic E-state index is -0.348. The van der Waals surface area contributed by atoms with Gasteiger partial charge in [-0.05, 0) is 48.9 Å². The van der Waals surface area contributed by atoms with E-state index in [1.807, 2.05) is 67.2 Å². The van der Waals surface area contributed by atoms with Crippen molar-refractivity contribution in [3.8, 4) is 28.3 Å². The standard InChI is InChI=1S/C32H40N4O3S/c1-3-4-5-6-7-21-39-28-17-15-25(16-18-28)27-22-33-31(34-23-27)26-13-10-24(11-14-26)12-19-30(37)36-20-8-9-29(36)32(38)35-40-2/h10-11,13-18,22-23,29H,3-9,12,19-21H2,1-2H3,(H,35,38). The molecule has 0 aliphatic carbocycles. The van der Waals surface area contributed by atoms with Crippen LogP contribution in [0.2, 0.25) is 0 Å². The highest BCUT2D eigenvalue weighted by Crippen LogP contribution is 2.24. The van der Waals surface area contributed by atoms with Crippen LogP contribution in [0, 0.1) is 0 Å². The second-order valence-electron chi connectivity index (χ2n) is 10.2. The molecule has 4 rings (SSSR count). The van der Waals surface area contributed by atoms with Crippen LogP contribution in [0.25, 0.3) is 22.5 Å². The second-order valence-corrected chi connectivity index (χ2v) is 10.8. The summed E-state index contributed by atoms with van der Waals surface area (Å²) in [7, 11) is 0. The van der Waals surface area contributed by atoms with Gasteiger partial charge in [0, 0.05) is 42.7 Å². The number of nitrogens with one attached hydrogen (secondary N) is 1. The first kappa shape index (κ1) is 29.6. The summed E-state index contributed by atoms with van der Waals surface area (Å²) in [4.78, 5) is 35.9. The molecular formula is C32H40N4O3S. The predicted molar refractivity (Wildman–Crippen MR) is 162 cm³/mol. The van der Waals surface area contributed by atoms with Crippen molar-refractivity contribution in [3.05, 3.63) is 66.5 Å². The highest BCUT2D eigenvalue weighted by molar-refractivity contribution is 7.97. The first-order valence-corrected chi connectivity index (χ1v) is 15.6. The van der Waals surface area contributed by atoms with Gasteiger partial charge < -0.3 is 9.64 Å². The van der Waals surface area contributed by atoms with Crippen LogP contribution in [-0.2, 0) is 16.0 Å². The van der Waals surface area contributed by atoms with Crippen LogP contribution in [0.15, 0.2) is 60.9 Å². The quantitative estimate of drug-likeness (QED) is 0.180. The van der Waals surface area contributed by atoms with E-state index in [9.17, 15) is 9.59 Å². The summed E-state index contributed by atoms with van der Waals surface area (Å²) < 4.78 is 8.64. The fraction of sp³-hybridized carbons (Fsp3) is 0.438. The maximum Gasteiger partial charge on any atom is 0.252 e. The first-order chi connectivity index (χ1) is 19.6. The van der Waals surface area contributed by atoms with Gasteiger partial charge in [-0.15, -0.1) is 0 Å². The fourth-order valence-corrected chi connectivity index (χ4v) is 5.32. The van der Waals surface area contributed by atoms with E-state index in [2.05, 4.69) is 21.6 Å². The highest BCUT2D eigenvalue weighted by Gasteiger charge is 2.33. The second kappa shape index (κ2) is 15.4. The van der Waals surface area contributed by atoms with Gasteiger partial charge in [-0.2, -0.15) is 0 Å². The number of likely N-dealkylation sites (tertiary alicyclic amines) is 1. The van der Waals surface area contributed by atoms with E-state index in [0.29, 0.717) is 25.2 Å². The monoisotopic (exact) mass is 560 g/mol. The average molecular weight is 561 g/mol. The van der Waals surface area contributed by atoms with Gasteiger partial charge in [0.1, 0.15) is 11.8 Å². The Bertz CT molecular complexity index is 1220. The molecule has 212 valence electrons. The zero-order valence-electron chi connectivity index (χ0n) is 23.6. The molecule has 8 heteroatoms. The van der Waals surface area contributed by atoms with Crippen LogP contribution in [0.4, 0.5) is 0 Å². The summed E-state index contributed by atoms with van der Waals surface area (Å²) in [5.74, 6) is 1.50. The third kappa shape index (κ3) is 8.31. The van der Waals surface area contributed by atoms with E-state index in [-0.39, 0.29) is 17.9 Å². The van der Waals surface area contributed by atoms with Crippen molar-refractivity contribution in [2.75, 3.05) is 19.4 Å². The molecule has 7 nitrogen and oxygen atoms in total. The van der Waals surface area contributed by atoms with Crippen molar-refractivity contribution in [2.24, 2.45) is 0 Å². The maximum atomic E-state index is 12.8. The molecule has 0 bridgehead atoms. The molecule has 1 saturated heterocycles. The Balaban J connectivity index is 1.26. The molecule has 1 aromatic heterocycles. The summed E-state index contributed by atoms with van der Waals surface area (Å²) in [5, 5.41) is 0. The van der Waals surface area contributed by atoms with Crippen molar-refractivity contribution >= 4 is 23.8 Å². The van der Waals surface area contributed by atoms with Gasteiger partial charge in [-0.1, -0.05) is 81.0 Å². The minimum absolute atomic E-state index is 0.0313. The molecule has 1 N–H and O–H groups in total. The Hall–Kier alpha value is -3.39. The summed E-state index contributed by atoms with van der Waals surface area (Å²) in [6.07, 6.45) is 14.3. The molecule has 40 heavy (non-hydrogen) atoms. The predicted octanol–water partition coefficient (Wildman–Crippen LogP) is 6.48. The van der Waals surface area contributed by atoms with Crippen LogP contribution in [-0.4, -0.2) is 52.1 Å². The number of hydrogen-bond acceptors (Lipinski definition) is 6. The number of rotatable bonds is 14. The minimum Gasteiger partial charge on any atom is -0.494 e. The Morgan fingerprint density at radius 3 is 2.35 bits per heavy atom. The number of nitrogens with zero attached hydrogens (tertiary/aromatic N) is 3. The van der Waals surface area contributed by atoms with Gasteiger partial charge in [0.15, 0.2) is 5.82 Å². The molecule has 2 aromatic carbocycles. The lowest BCUT2D eigenvalue weighted by Crippen LogP contribution is -2.44. The van der Waals surface area contributed by atoms with Crippen LogP contribution in [0.5, 0.6) is 5.75 Å². The molecule has 1 aliphatic heterocycles. The number of unbranched alkanes of at least 4 members (excludes halogenated alkanes) is 4. The van der Waals surface area contributed by atoms with E-state index >= 15 is 0 Å². The van der Waals surface area contributed by atoms with Gasteiger partial charge in [0.05, 0.1) is 6.61 Å². The smallest absolute Gasteiger partial charge is 0.252 e. The van der Waals surface area contributed by atoms with Gasteiger partial charge in [0.2, 0.25) is 5.91 Å². The number of benzene rings is 2. The Labute approximate surface area is 242 Å². The summed E-state index contributed by atoms with van der Waals surface area (Å²) >= 11 is 1.27. The van der Waals surface area contributed by atoms with Gasteiger partial charge >= 0.3 is 0 Å². The zero-order chi connectivity index (χ0) is 28.2. The number of carbonyl (C=O) groups excluding carboxylic acids is 2. The normalized spacial score (nSPS) is 14.8. The van der Waals surface area contributed by atoms with E-state index < -0.39 is 0 Å². The van der Waals surface area contributed by atoms with Crippen molar-refractivity contribution in [3.63, 3.8) is 0 Å². The zero-order valence-corrected chi connectivity index (χ0v) is 24.4. The van der Waals surface area contributed by atoms with Gasteiger partial charge in [-0.25, -0.2) is 9.97 Å². The Morgan fingerprint density at radius 2 is 1.65 bits per heavy atom. The van der Waals surface area contributed by atoms with E-state index in [0.717, 1.165) is 53.9 Å². The number of carbonyl (C=O) groups is 2. The summed E-state index contributed by atoms with van der Waals surface area (Å²) in [5.41, 5.74) is 4.00. The molecule has 1 atom stereocenters. The molecule has 2 heterocycles. The van der Waals surface area contributed by atoms with E-state index in [1.54, 1.807) is 4.90 Å². The molecule has 0 spiro atoms. The van der Waals surface area contributed by atoms with Gasteiger partial charge in [0.25, 0.3) is 5.91 Å². The number of aryl methyl sites for hydroxylation is 1. The SMILES string of the molecule is CCCCCCCOc1ccc(-c2cnc(-c3ccc(CCC(=O)N4CCCC4C(=O)NSC)cc3)nc2)cc1. The average Bonchev–Trinajstić information content (AvgIpc) is 3.49. The van der Waals surface area contributed by atoms with Crippen molar-refractivity contribution in [1.29, 1.82) is 0 Å². The lowest BCUT2D eigenvalue weighted by molar-refractivity contribution is -0.137. The van der Waals surface area contributed by atoms with Crippen LogP contribution in [0.1, 0.15) is 63.9 Å². The van der Waals surface area contributed by atoms with Crippen LogP contribution < -0.4 is 9.46 Å². The van der Waals surface area contributed by atoms with Crippen molar-refractivity contribution < 1.29 is 14.3 Å². The van der Waals surface area contributed by atoms with E-state index in [4.69, 9.17) is 4.74 Å². The molecule has 0 saturated carbocycles. The Kier molecular flexibility index (Phi) is 11.4. The molecule has 2 amide bonds. The third-order valence-electron chi connectivity index (χ3n) is 7.27. The number of aromatic nitrogens is 2. The molecular weight excluding hydrogens is 520 g/mol. The third-order valence-corrected chi connectivity index (χ3v) is 7.68. The lowest BCUT2D eigenvalue weighted by Gasteiger charge is -2.23. The summed E-state index contributed by atoms with van der Waals surface area (Å²) in [6.45, 7) is 3.63. The largest absolute Gasteiger partial charge is 0.494 e. The molecule has 1 aliphatic rings. The summed E-state index contributed by atoms with van der Waals surface area (Å²) in [6, 6.07) is 15.8. The topological polar surface area (TPSA) is 84.4 Å². The number of ether oxygens (including phenoxy) is 1. The first-order valence-electron chi connectivity index (χ1n) is 14.4. The van der Waals surface area contributed by atoms with Crippen molar-refractivity contribution in [1.82, 2.24) is 19.6 Å². The number of hydrogen-bond donors (Lipinski definition) is 1. The maximum absolute atomic E-state index is 12.8. The lowest BCUT2D eigenvalue weighted by atomic mass is 10.1. The highest BCUT2D eigenvalue weighted by atomic mass is 32.2. The molecule has 0 radical (unpaired) electrons. The molecule has 1 unspecified atom stereocenters. The molecule has 1 fully saturated rings. The van der Waals surface area contributed by atoms with Gasteiger partial charge in [-0.3, -0.25) is 14.3 Å².